The molecule has 0 aliphatic rings. The minimum Gasteiger partial charge on any atom is -0.457 e. The topological polar surface area (TPSA) is 79.9 Å². The zero-order valence-electron chi connectivity index (χ0n) is 16.6. The first kappa shape index (κ1) is 20.1. The molecule has 0 unspecified atom stereocenters. The number of urea groups is 1. The zero-order chi connectivity index (χ0) is 20.8. The molecule has 0 atom stereocenters. The number of nitrogens with zero attached hydrogens (tertiary/aromatic N) is 2. The molecular weight excluding hydrogens is 364 g/mol. The summed E-state index contributed by atoms with van der Waals surface area (Å²) in [5, 5.41) is 3.88. The van der Waals surface area contributed by atoms with Gasteiger partial charge in [-0.15, -0.1) is 0 Å². The molecule has 0 saturated heterocycles. The highest BCUT2D eigenvalue weighted by Crippen LogP contribution is 2.33. The van der Waals surface area contributed by atoms with Crippen molar-refractivity contribution in [1.29, 1.82) is 0 Å². The predicted molar refractivity (Wildman–Crippen MR) is 117 cm³/mol. The minimum atomic E-state index is -0.436. The third-order valence-electron chi connectivity index (χ3n) is 4.64. The minimum absolute atomic E-state index is 0.386. The molecule has 0 radical (unpaired) electrons. The SMILES string of the molecule is C=Nc1cc(Oc2ccccc2)ccc1N(N)C(=O)NCc1c(C)cccc1C. The highest BCUT2D eigenvalue weighted by Gasteiger charge is 2.16. The Hall–Kier alpha value is -3.64. The Bertz CT molecular complexity index is 998. The van der Waals surface area contributed by atoms with E-state index in [1.54, 1.807) is 18.2 Å². The number of nitrogens with two attached hydrogens (primary N) is 1. The van der Waals surface area contributed by atoms with Crippen LogP contribution in [0.5, 0.6) is 11.5 Å². The van der Waals surface area contributed by atoms with Crippen molar-refractivity contribution in [2.45, 2.75) is 20.4 Å². The number of para-hydroxylation sites is 1. The van der Waals surface area contributed by atoms with Gasteiger partial charge in [0.1, 0.15) is 11.5 Å². The van der Waals surface area contributed by atoms with Gasteiger partial charge in [-0.1, -0.05) is 36.4 Å². The quantitative estimate of drug-likeness (QED) is 0.269. The normalized spacial score (nSPS) is 10.3. The molecule has 3 rings (SSSR count). The van der Waals surface area contributed by atoms with Crippen molar-refractivity contribution in [3.8, 4) is 11.5 Å². The van der Waals surface area contributed by atoms with Crippen LogP contribution < -0.4 is 20.9 Å². The Kier molecular flexibility index (Phi) is 6.26. The number of hydrogen-bond donors (Lipinski definition) is 2. The van der Waals surface area contributed by atoms with E-state index in [4.69, 9.17) is 10.6 Å². The molecule has 6 heteroatoms. The Morgan fingerprint density at radius 1 is 1.03 bits per heavy atom. The van der Waals surface area contributed by atoms with E-state index in [2.05, 4.69) is 17.0 Å². The standard InChI is InChI=1S/C23H24N4O2/c1-16-8-7-9-17(2)20(16)15-26-23(28)27(24)22-13-12-19(14-21(22)25-3)29-18-10-5-4-6-11-18/h4-14H,3,15,24H2,1-2H3,(H,26,28). The van der Waals surface area contributed by atoms with Crippen LogP contribution in [0, 0.1) is 13.8 Å². The summed E-state index contributed by atoms with van der Waals surface area (Å²) in [5.41, 5.74) is 4.18. The lowest BCUT2D eigenvalue weighted by Crippen LogP contribution is -2.44. The summed E-state index contributed by atoms with van der Waals surface area (Å²) >= 11 is 0. The maximum atomic E-state index is 12.6. The highest BCUT2D eigenvalue weighted by atomic mass is 16.5. The fourth-order valence-electron chi connectivity index (χ4n) is 3.01. The maximum absolute atomic E-state index is 12.6. The molecule has 148 valence electrons. The van der Waals surface area contributed by atoms with Crippen LogP contribution in [0.3, 0.4) is 0 Å². The van der Waals surface area contributed by atoms with Crippen molar-refractivity contribution in [2.24, 2.45) is 10.8 Å². The van der Waals surface area contributed by atoms with Crippen LogP contribution in [0.2, 0.25) is 0 Å². The van der Waals surface area contributed by atoms with Gasteiger partial charge in [-0.3, -0.25) is 4.99 Å². The molecule has 2 amide bonds. The summed E-state index contributed by atoms with van der Waals surface area (Å²) in [6.45, 7) is 7.99. The van der Waals surface area contributed by atoms with Crippen LogP contribution in [0.25, 0.3) is 0 Å². The van der Waals surface area contributed by atoms with Crippen LogP contribution in [-0.4, -0.2) is 12.7 Å². The van der Waals surface area contributed by atoms with E-state index in [1.807, 2.05) is 62.4 Å². The van der Waals surface area contributed by atoms with Gasteiger partial charge in [-0.05, 0) is 61.5 Å². The van der Waals surface area contributed by atoms with E-state index in [9.17, 15) is 4.79 Å². The number of aryl methyl sites for hydroxylation is 2. The summed E-state index contributed by atoms with van der Waals surface area (Å²) in [6.07, 6.45) is 0. The lowest BCUT2D eigenvalue weighted by molar-refractivity contribution is 0.246. The van der Waals surface area contributed by atoms with Gasteiger partial charge >= 0.3 is 6.03 Å². The van der Waals surface area contributed by atoms with E-state index in [-0.39, 0.29) is 0 Å². The number of hydrogen-bond acceptors (Lipinski definition) is 4. The fourth-order valence-corrected chi connectivity index (χ4v) is 3.01. The predicted octanol–water partition coefficient (Wildman–Crippen LogP) is 5.02. The van der Waals surface area contributed by atoms with Crippen molar-refractivity contribution in [3.63, 3.8) is 0 Å². The van der Waals surface area contributed by atoms with Gasteiger partial charge in [-0.2, -0.15) is 0 Å². The molecule has 0 spiro atoms. The summed E-state index contributed by atoms with van der Waals surface area (Å²) < 4.78 is 5.80. The number of carbonyl (C=O) groups excluding carboxylic acids is 1. The highest BCUT2D eigenvalue weighted by molar-refractivity contribution is 5.94. The Morgan fingerprint density at radius 2 is 1.72 bits per heavy atom. The number of nitrogens with one attached hydrogen (secondary N) is 1. The van der Waals surface area contributed by atoms with Gasteiger partial charge in [0.15, 0.2) is 0 Å². The van der Waals surface area contributed by atoms with E-state index in [1.165, 1.54) is 0 Å². The van der Waals surface area contributed by atoms with E-state index in [0.29, 0.717) is 29.4 Å². The first-order valence-electron chi connectivity index (χ1n) is 9.21. The monoisotopic (exact) mass is 388 g/mol. The lowest BCUT2D eigenvalue weighted by atomic mass is 10.0. The average molecular weight is 388 g/mol. The molecule has 0 bridgehead atoms. The first-order chi connectivity index (χ1) is 14.0. The van der Waals surface area contributed by atoms with Crippen molar-refractivity contribution >= 4 is 24.1 Å². The number of benzene rings is 3. The lowest BCUT2D eigenvalue weighted by Gasteiger charge is -2.20. The number of amides is 2. The van der Waals surface area contributed by atoms with Gasteiger partial charge in [0.05, 0.1) is 11.4 Å². The Balaban J connectivity index is 1.73. The maximum Gasteiger partial charge on any atom is 0.336 e. The molecule has 29 heavy (non-hydrogen) atoms. The van der Waals surface area contributed by atoms with E-state index < -0.39 is 6.03 Å². The molecule has 0 aliphatic heterocycles. The second-order valence-electron chi connectivity index (χ2n) is 6.62. The molecule has 3 N–H and O–H groups in total. The van der Waals surface area contributed by atoms with Gasteiger partial charge in [0.2, 0.25) is 0 Å². The van der Waals surface area contributed by atoms with Crippen LogP contribution in [0.15, 0.2) is 71.7 Å². The van der Waals surface area contributed by atoms with Crippen molar-refractivity contribution in [2.75, 3.05) is 5.01 Å². The number of rotatable bonds is 6. The molecular formula is C23H24N4O2. The fraction of sp³-hybridized carbons (Fsp3) is 0.130. The number of hydrazine groups is 1. The number of carbonyl (C=O) groups is 1. The molecule has 6 nitrogen and oxygen atoms in total. The summed E-state index contributed by atoms with van der Waals surface area (Å²) in [4.78, 5) is 16.6. The second-order valence-corrected chi connectivity index (χ2v) is 6.62. The molecule has 0 saturated carbocycles. The largest absolute Gasteiger partial charge is 0.457 e. The Morgan fingerprint density at radius 3 is 2.38 bits per heavy atom. The smallest absolute Gasteiger partial charge is 0.336 e. The third kappa shape index (κ3) is 4.80. The van der Waals surface area contributed by atoms with Crippen LogP contribution in [0.4, 0.5) is 16.2 Å². The van der Waals surface area contributed by atoms with Crippen molar-refractivity contribution in [1.82, 2.24) is 5.32 Å². The summed E-state index contributed by atoms with van der Waals surface area (Å²) in [7, 11) is 0. The van der Waals surface area contributed by atoms with Crippen LogP contribution in [0.1, 0.15) is 16.7 Å². The average Bonchev–Trinajstić information content (AvgIpc) is 2.73. The molecule has 0 heterocycles. The summed E-state index contributed by atoms with van der Waals surface area (Å²) in [5.74, 6) is 7.33. The molecule has 0 fully saturated rings. The van der Waals surface area contributed by atoms with E-state index >= 15 is 0 Å². The van der Waals surface area contributed by atoms with Gasteiger partial charge in [-0.25, -0.2) is 15.6 Å². The number of ether oxygens (including phenoxy) is 1. The zero-order valence-corrected chi connectivity index (χ0v) is 16.6. The van der Waals surface area contributed by atoms with Crippen LogP contribution in [-0.2, 0) is 6.54 Å². The van der Waals surface area contributed by atoms with Gasteiger partial charge in [0, 0.05) is 12.6 Å². The third-order valence-corrected chi connectivity index (χ3v) is 4.64. The van der Waals surface area contributed by atoms with Crippen molar-refractivity contribution in [3.05, 3.63) is 83.4 Å². The second kappa shape index (κ2) is 9.03. The Labute approximate surface area is 170 Å². The molecule has 0 aliphatic carbocycles. The van der Waals surface area contributed by atoms with E-state index in [0.717, 1.165) is 21.7 Å². The first-order valence-corrected chi connectivity index (χ1v) is 9.21. The van der Waals surface area contributed by atoms with Crippen molar-refractivity contribution < 1.29 is 9.53 Å². The molecule has 0 aromatic heterocycles. The van der Waals surface area contributed by atoms with Gasteiger partial charge in [0.25, 0.3) is 0 Å². The van der Waals surface area contributed by atoms with Crippen LogP contribution >= 0.6 is 0 Å². The number of aliphatic imine (C=N–C) groups is 1. The molecule has 3 aromatic carbocycles. The molecule has 3 aromatic rings. The summed E-state index contributed by atoms with van der Waals surface area (Å²) in [6, 6.07) is 20.1. The number of anilines is 1. The van der Waals surface area contributed by atoms with Gasteiger partial charge < -0.3 is 10.1 Å².